The Morgan fingerprint density at radius 2 is 1.76 bits per heavy atom. The van der Waals surface area contributed by atoms with Crippen molar-refractivity contribution in [1.29, 1.82) is 0 Å². The number of carbonyl (C=O) groups excluding carboxylic acids is 1. The fraction of sp³-hybridized carbons (Fsp3) is 0.231. The number of amides is 1. The zero-order valence-corrected chi connectivity index (χ0v) is 20.1. The molecule has 0 aliphatic heterocycles. The molecule has 0 saturated heterocycles. The van der Waals surface area contributed by atoms with Gasteiger partial charge in [-0.3, -0.25) is 4.79 Å². The molecule has 0 unspecified atom stereocenters. The monoisotopic (exact) mass is 460 g/mol. The summed E-state index contributed by atoms with van der Waals surface area (Å²) in [5, 5.41) is 3.98. The van der Waals surface area contributed by atoms with Gasteiger partial charge in [0, 0.05) is 37.0 Å². The molecule has 0 aliphatic rings. The third kappa shape index (κ3) is 5.32. The van der Waals surface area contributed by atoms with Gasteiger partial charge in [-0.2, -0.15) is 0 Å². The van der Waals surface area contributed by atoms with E-state index in [1.807, 2.05) is 66.7 Å². The molecule has 0 radical (unpaired) electrons. The molecule has 0 atom stereocenters. The predicted molar refractivity (Wildman–Crippen MR) is 138 cm³/mol. The summed E-state index contributed by atoms with van der Waals surface area (Å²) < 4.78 is 6.49. The van der Waals surface area contributed by atoms with Gasteiger partial charge < -0.3 is 19.9 Å². The Morgan fingerprint density at radius 1 is 1.00 bits per heavy atom. The molecule has 33 heavy (non-hydrogen) atoms. The lowest BCUT2D eigenvalue weighted by Crippen LogP contribution is -2.28. The number of hydrogen-bond acceptors (Lipinski definition) is 6. The fourth-order valence-corrected chi connectivity index (χ4v) is 4.48. The fourth-order valence-electron chi connectivity index (χ4n) is 3.49. The number of rotatable bonds is 8. The summed E-state index contributed by atoms with van der Waals surface area (Å²) in [5.74, 6) is 0.660. The number of nitrogens with one attached hydrogen (secondary N) is 1. The highest BCUT2D eigenvalue weighted by atomic mass is 32.1. The number of anilines is 2. The predicted octanol–water partition coefficient (Wildman–Crippen LogP) is 5.22. The van der Waals surface area contributed by atoms with Crippen LogP contribution in [0.2, 0.25) is 0 Å². The van der Waals surface area contributed by atoms with Crippen molar-refractivity contribution in [1.82, 2.24) is 9.88 Å². The Labute approximate surface area is 198 Å². The molecular formula is C26H28N4O2S. The van der Waals surface area contributed by atoms with E-state index < -0.39 is 0 Å². The Hall–Kier alpha value is -3.42. The molecule has 0 saturated carbocycles. The summed E-state index contributed by atoms with van der Waals surface area (Å²) in [4.78, 5) is 21.9. The average molecular weight is 461 g/mol. The summed E-state index contributed by atoms with van der Waals surface area (Å²) in [6.45, 7) is 1.87. The molecule has 1 heterocycles. The van der Waals surface area contributed by atoms with Crippen LogP contribution in [-0.4, -0.2) is 57.1 Å². The van der Waals surface area contributed by atoms with E-state index >= 15 is 0 Å². The van der Waals surface area contributed by atoms with E-state index in [0.717, 1.165) is 51.0 Å². The number of thiazole rings is 1. The van der Waals surface area contributed by atoms with Crippen molar-refractivity contribution in [3.8, 4) is 16.9 Å². The number of fused-ring (bicyclic) bond motifs is 1. The quantitative estimate of drug-likeness (QED) is 0.391. The number of aromatic nitrogens is 1. The molecule has 7 heteroatoms. The molecule has 0 fully saturated rings. The van der Waals surface area contributed by atoms with Crippen LogP contribution in [0.4, 0.5) is 10.8 Å². The molecule has 4 aromatic rings. The Kier molecular flexibility index (Phi) is 6.91. The van der Waals surface area contributed by atoms with Gasteiger partial charge in [0.25, 0.3) is 5.91 Å². The molecule has 0 spiro atoms. The number of para-hydroxylation sites is 1. The topological polar surface area (TPSA) is 57.7 Å². The Balaban J connectivity index is 1.47. The smallest absolute Gasteiger partial charge is 0.255 e. The highest BCUT2D eigenvalue weighted by molar-refractivity contribution is 7.22. The van der Waals surface area contributed by atoms with Gasteiger partial charge in [0.15, 0.2) is 5.13 Å². The minimum absolute atomic E-state index is 0.145. The minimum Gasteiger partial charge on any atom is -0.496 e. The maximum atomic E-state index is 12.8. The molecule has 1 N–H and O–H groups in total. The number of carbonyl (C=O) groups is 1. The molecule has 1 aromatic heterocycles. The molecule has 3 aromatic carbocycles. The highest BCUT2D eigenvalue weighted by Gasteiger charge is 2.12. The van der Waals surface area contributed by atoms with Gasteiger partial charge in [0.05, 0.1) is 17.3 Å². The molecule has 1 amide bonds. The van der Waals surface area contributed by atoms with E-state index in [9.17, 15) is 4.79 Å². The molecule has 0 bridgehead atoms. The lowest BCUT2D eigenvalue weighted by Gasteiger charge is -2.18. The second-order valence-corrected chi connectivity index (χ2v) is 9.14. The molecule has 4 rings (SSSR count). The average Bonchev–Trinajstić information content (AvgIpc) is 3.26. The standard InChI is InChI=1S/C26H28N4O2S/c1-29(2)15-16-30(3)26-28-22-14-13-20(17-24(22)33-26)27-25(31)19-11-9-18(10-12-19)21-7-5-6-8-23(21)32-4/h5-14,17H,15-16H2,1-4H3,(H,27,31). The van der Waals surface area contributed by atoms with E-state index in [2.05, 4.69) is 36.3 Å². The van der Waals surface area contributed by atoms with E-state index in [0.29, 0.717) is 5.56 Å². The molecule has 170 valence electrons. The highest BCUT2D eigenvalue weighted by Crippen LogP contribution is 2.31. The van der Waals surface area contributed by atoms with Crippen LogP contribution in [-0.2, 0) is 0 Å². The normalized spacial score (nSPS) is 11.1. The SMILES string of the molecule is COc1ccccc1-c1ccc(C(=O)Nc2ccc3nc(N(C)CCN(C)C)sc3c2)cc1. The summed E-state index contributed by atoms with van der Waals surface area (Å²) in [5.41, 5.74) is 4.29. The van der Waals surface area contributed by atoms with Crippen LogP contribution in [0.15, 0.2) is 66.7 Å². The third-order valence-electron chi connectivity index (χ3n) is 5.41. The second kappa shape index (κ2) is 10.0. The van der Waals surface area contributed by atoms with Gasteiger partial charge in [0.1, 0.15) is 5.75 Å². The van der Waals surface area contributed by atoms with Crippen molar-refractivity contribution >= 4 is 38.3 Å². The number of nitrogens with zero attached hydrogens (tertiary/aromatic N) is 3. The second-order valence-electron chi connectivity index (χ2n) is 8.14. The third-order valence-corrected chi connectivity index (χ3v) is 6.54. The van der Waals surface area contributed by atoms with Crippen molar-refractivity contribution in [2.24, 2.45) is 0 Å². The van der Waals surface area contributed by atoms with Crippen molar-refractivity contribution in [3.63, 3.8) is 0 Å². The zero-order chi connectivity index (χ0) is 23.4. The van der Waals surface area contributed by atoms with E-state index in [1.54, 1.807) is 18.4 Å². The van der Waals surface area contributed by atoms with Crippen molar-refractivity contribution in [2.75, 3.05) is 51.6 Å². The van der Waals surface area contributed by atoms with Crippen molar-refractivity contribution in [3.05, 3.63) is 72.3 Å². The maximum Gasteiger partial charge on any atom is 0.255 e. The Bertz CT molecular complexity index is 1250. The van der Waals surface area contributed by atoms with Gasteiger partial charge in [-0.05, 0) is 56.1 Å². The summed E-state index contributed by atoms with van der Waals surface area (Å²) in [7, 11) is 7.84. The maximum absolute atomic E-state index is 12.8. The lowest BCUT2D eigenvalue weighted by molar-refractivity contribution is 0.102. The van der Waals surface area contributed by atoms with Crippen LogP contribution in [0.25, 0.3) is 21.3 Å². The van der Waals surface area contributed by atoms with Gasteiger partial charge in [-0.15, -0.1) is 0 Å². The summed E-state index contributed by atoms with van der Waals surface area (Å²) >= 11 is 1.63. The summed E-state index contributed by atoms with van der Waals surface area (Å²) in [6.07, 6.45) is 0. The first kappa shape index (κ1) is 22.8. The number of ether oxygens (including phenoxy) is 1. The number of likely N-dealkylation sites (N-methyl/N-ethyl adjacent to an activating group) is 2. The molecule has 6 nitrogen and oxygen atoms in total. The molecular weight excluding hydrogens is 432 g/mol. The lowest BCUT2D eigenvalue weighted by atomic mass is 10.0. The first-order valence-electron chi connectivity index (χ1n) is 10.8. The van der Waals surface area contributed by atoms with Gasteiger partial charge in [0.2, 0.25) is 0 Å². The van der Waals surface area contributed by atoms with Gasteiger partial charge in [-0.1, -0.05) is 41.7 Å². The van der Waals surface area contributed by atoms with Crippen LogP contribution in [0.3, 0.4) is 0 Å². The minimum atomic E-state index is -0.145. The first-order chi connectivity index (χ1) is 15.9. The van der Waals surface area contributed by atoms with Crippen molar-refractivity contribution in [2.45, 2.75) is 0 Å². The summed E-state index contributed by atoms with van der Waals surface area (Å²) in [6, 6.07) is 21.2. The van der Waals surface area contributed by atoms with Crippen molar-refractivity contribution < 1.29 is 9.53 Å². The largest absolute Gasteiger partial charge is 0.496 e. The van der Waals surface area contributed by atoms with Gasteiger partial charge in [-0.25, -0.2) is 4.98 Å². The van der Waals surface area contributed by atoms with Crippen LogP contribution in [0, 0.1) is 0 Å². The van der Waals surface area contributed by atoms with E-state index in [-0.39, 0.29) is 5.91 Å². The van der Waals surface area contributed by atoms with Crippen LogP contribution in [0.1, 0.15) is 10.4 Å². The van der Waals surface area contributed by atoms with Crippen LogP contribution in [0.5, 0.6) is 5.75 Å². The van der Waals surface area contributed by atoms with Gasteiger partial charge >= 0.3 is 0 Å². The number of hydrogen-bond donors (Lipinski definition) is 1. The Morgan fingerprint density at radius 3 is 2.48 bits per heavy atom. The first-order valence-corrected chi connectivity index (χ1v) is 11.6. The van der Waals surface area contributed by atoms with E-state index in [4.69, 9.17) is 9.72 Å². The van der Waals surface area contributed by atoms with Crippen LogP contribution >= 0.6 is 11.3 Å². The number of methoxy groups -OCH3 is 1. The zero-order valence-electron chi connectivity index (χ0n) is 19.3. The van der Waals surface area contributed by atoms with Crippen LogP contribution < -0.4 is 15.0 Å². The van der Waals surface area contributed by atoms with E-state index in [1.165, 1.54) is 0 Å². The molecule has 0 aliphatic carbocycles. The number of benzene rings is 3.